The van der Waals surface area contributed by atoms with Crippen molar-refractivity contribution in [3.63, 3.8) is 0 Å². The first-order chi connectivity index (χ1) is 13.1. The number of aryl methyl sites for hydroxylation is 1. The first-order valence-corrected chi connectivity index (χ1v) is 9.86. The first kappa shape index (κ1) is 20.9. The predicted molar refractivity (Wildman–Crippen MR) is 114 cm³/mol. The second-order valence-electron chi connectivity index (χ2n) is 6.02. The van der Waals surface area contributed by atoms with Gasteiger partial charge >= 0.3 is 0 Å². The van der Waals surface area contributed by atoms with Crippen LogP contribution in [0.3, 0.4) is 0 Å². The van der Waals surface area contributed by atoms with Crippen LogP contribution < -0.4 is 16.0 Å². The molecule has 0 radical (unpaired) electrons. The van der Waals surface area contributed by atoms with Crippen LogP contribution in [0.15, 0.2) is 52.1 Å². The van der Waals surface area contributed by atoms with E-state index in [1.165, 1.54) is 0 Å². The van der Waals surface area contributed by atoms with Gasteiger partial charge in [-0.25, -0.2) is 0 Å². The molecular formula is C20H26BrN5O. The number of guanidine groups is 1. The lowest BCUT2D eigenvalue weighted by atomic mass is 10.2. The van der Waals surface area contributed by atoms with E-state index in [0.29, 0.717) is 18.9 Å². The van der Waals surface area contributed by atoms with Crippen LogP contribution in [0.25, 0.3) is 0 Å². The molecule has 0 aliphatic rings. The molecule has 0 aliphatic heterocycles. The maximum atomic E-state index is 12.2. The fourth-order valence-electron chi connectivity index (χ4n) is 2.41. The molecule has 6 nitrogen and oxygen atoms in total. The first-order valence-electron chi connectivity index (χ1n) is 9.06. The molecule has 1 heterocycles. The number of hydrogen-bond donors (Lipinski definition) is 3. The van der Waals surface area contributed by atoms with Crippen LogP contribution in [-0.4, -0.2) is 36.5 Å². The number of benzene rings is 1. The van der Waals surface area contributed by atoms with Crippen molar-refractivity contribution in [3.8, 4) is 0 Å². The number of amides is 1. The van der Waals surface area contributed by atoms with E-state index in [1.54, 1.807) is 6.20 Å². The van der Waals surface area contributed by atoms with Gasteiger partial charge in [0.1, 0.15) is 0 Å². The van der Waals surface area contributed by atoms with Gasteiger partial charge in [0, 0.05) is 48.0 Å². The third-order valence-electron chi connectivity index (χ3n) is 3.83. The van der Waals surface area contributed by atoms with Gasteiger partial charge < -0.3 is 16.0 Å². The average molecular weight is 432 g/mol. The maximum absolute atomic E-state index is 12.2. The van der Waals surface area contributed by atoms with Gasteiger partial charge in [0.25, 0.3) is 0 Å². The Balaban J connectivity index is 1.79. The molecule has 0 fully saturated rings. The number of halogens is 1. The summed E-state index contributed by atoms with van der Waals surface area (Å²) >= 11 is 3.42. The number of carbonyl (C=O) groups is 1. The molecule has 0 aliphatic carbocycles. The van der Waals surface area contributed by atoms with Gasteiger partial charge in [-0.2, -0.15) is 0 Å². The van der Waals surface area contributed by atoms with Gasteiger partial charge in [0.05, 0.1) is 6.54 Å². The smallest absolute Gasteiger partial charge is 0.226 e. The fourth-order valence-corrected chi connectivity index (χ4v) is 2.77. The standard InChI is InChI=1S/C20H26BrN5O/c1-3-22-20(24-12-9-17-6-4-5-11-23-17)25-13-10-19(27)26-18-14-16(21)8-7-15(18)2/h4-8,11,14H,3,9-10,12-13H2,1-2H3,(H,26,27)(H2,22,24,25). The van der Waals surface area contributed by atoms with Crippen LogP contribution in [0.4, 0.5) is 5.69 Å². The molecule has 1 amide bonds. The van der Waals surface area contributed by atoms with Crippen molar-refractivity contribution in [2.75, 3.05) is 25.0 Å². The molecule has 1 aromatic carbocycles. The van der Waals surface area contributed by atoms with Crippen molar-refractivity contribution in [2.45, 2.75) is 26.7 Å². The summed E-state index contributed by atoms with van der Waals surface area (Å²) < 4.78 is 0.938. The lowest BCUT2D eigenvalue weighted by Gasteiger charge is -2.11. The van der Waals surface area contributed by atoms with E-state index in [9.17, 15) is 4.79 Å². The van der Waals surface area contributed by atoms with Gasteiger partial charge in [0.2, 0.25) is 5.91 Å². The number of aliphatic imine (C=N–C) groups is 1. The molecule has 144 valence electrons. The fraction of sp³-hybridized carbons (Fsp3) is 0.350. The summed E-state index contributed by atoms with van der Waals surface area (Å²) in [6.07, 6.45) is 2.93. The van der Waals surface area contributed by atoms with Crippen LogP contribution in [0.5, 0.6) is 0 Å². The Kier molecular flexibility index (Phi) is 8.77. The van der Waals surface area contributed by atoms with E-state index in [2.05, 4.69) is 41.9 Å². The summed E-state index contributed by atoms with van der Waals surface area (Å²) in [5.41, 5.74) is 2.88. The van der Waals surface area contributed by atoms with Crippen molar-refractivity contribution in [2.24, 2.45) is 4.99 Å². The third kappa shape index (κ3) is 7.78. The molecule has 0 spiro atoms. The number of pyridine rings is 1. The number of hydrogen-bond acceptors (Lipinski definition) is 3. The number of nitrogens with one attached hydrogen (secondary N) is 3. The molecule has 0 saturated heterocycles. The molecule has 7 heteroatoms. The van der Waals surface area contributed by atoms with E-state index in [4.69, 9.17) is 0 Å². The van der Waals surface area contributed by atoms with E-state index >= 15 is 0 Å². The van der Waals surface area contributed by atoms with E-state index in [0.717, 1.165) is 40.9 Å². The highest BCUT2D eigenvalue weighted by Gasteiger charge is 2.06. The quantitative estimate of drug-likeness (QED) is 0.442. The normalized spacial score (nSPS) is 11.1. The second kappa shape index (κ2) is 11.3. The van der Waals surface area contributed by atoms with Gasteiger partial charge in [0.15, 0.2) is 5.96 Å². The average Bonchev–Trinajstić information content (AvgIpc) is 2.65. The van der Waals surface area contributed by atoms with Gasteiger partial charge in [-0.1, -0.05) is 28.1 Å². The zero-order valence-electron chi connectivity index (χ0n) is 15.8. The minimum Gasteiger partial charge on any atom is -0.357 e. The highest BCUT2D eigenvalue weighted by Crippen LogP contribution is 2.20. The Morgan fingerprint density at radius 3 is 2.81 bits per heavy atom. The minimum absolute atomic E-state index is 0.0516. The number of rotatable bonds is 8. The van der Waals surface area contributed by atoms with Crippen LogP contribution in [0.1, 0.15) is 24.6 Å². The number of carbonyl (C=O) groups excluding carboxylic acids is 1. The Bertz CT molecular complexity index is 764. The molecular weight excluding hydrogens is 406 g/mol. The second-order valence-corrected chi connectivity index (χ2v) is 6.93. The molecule has 3 N–H and O–H groups in total. The molecule has 2 rings (SSSR count). The van der Waals surface area contributed by atoms with Gasteiger partial charge in [-0.05, 0) is 43.7 Å². The zero-order valence-corrected chi connectivity index (χ0v) is 17.3. The predicted octanol–water partition coefficient (Wildman–Crippen LogP) is 3.28. The molecule has 2 aromatic rings. The molecule has 0 atom stereocenters. The monoisotopic (exact) mass is 431 g/mol. The number of nitrogens with zero attached hydrogens (tertiary/aromatic N) is 2. The van der Waals surface area contributed by atoms with E-state index < -0.39 is 0 Å². The Hall–Kier alpha value is -2.41. The summed E-state index contributed by atoms with van der Waals surface area (Å²) in [7, 11) is 0. The Labute approximate surface area is 169 Å². The van der Waals surface area contributed by atoms with Crippen molar-refractivity contribution in [3.05, 3.63) is 58.3 Å². The van der Waals surface area contributed by atoms with Crippen LogP contribution in [0.2, 0.25) is 0 Å². The van der Waals surface area contributed by atoms with Crippen LogP contribution in [-0.2, 0) is 11.2 Å². The third-order valence-corrected chi connectivity index (χ3v) is 4.32. The number of anilines is 1. The lowest BCUT2D eigenvalue weighted by Crippen LogP contribution is -2.38. The highest BCUT2D eigenvalue weighted by molar-refractivity contribution is 9.10. The SMILES string of the molecule is CCNC(=NCCC(=O)Nc1cc(Br)ccc1C)NCCc1ccccn1. The molecule has 27 heavy (non-hydrogen) atoms. The molecule has 0 saturated carbocycles. The molecule has 0 unspecified atom stereocenters. The summed E-state index contributed by atoms with van der Waals surface area (Å²) in [6.45, 7) is 5.89. The van der Waals surface area contributed by atoms with Crippen LogP contribution >= 0.6 is 15.9 Å². The lowest BCUT2D eigenvalue weighted by molar-refractivity contribution is -0.116. The minimum atomic E-state index is -0.0516. The summed E-state index contributed by atoms with van der Waals surface area (Å²) in [4.78, 5) is 20.9. The highest BCUT2D eigenvalue weighted by atomic mass is 79.9. The van der Waals surface area contributed by atoms with Crippen LogP contribution in [0, 0.1) is 6.92 Å². The van der Waals surface area contributed by atoms with Gasteiger partial charge in [-0.15, -0.1) is 0 Å². The van der Waals surface area contributed by atoms with Crippen molar-refractivity contribution >= 4 is 33.5 Å². The zero-order chi connectivity index (χ0) is 19.5. The summed E-state index contributed by atoms with van der Waals surface area (Å²) in [5.74, 6) is 0.657. The number of aromatic nitrogens is 1. The van der Waals surface area contributed by atoms with E-state index in [1.807, 2.05) is 50.2 Å². The van der Waals surface area contributed by atoms with Crippen molar-refractivity contribution < 1.29 is 4.79 Å². The topological polar surface area (TPSA) is 78.4 Å². The summed E-state index contributed by atoms with van der Waals surface area (Å²) in [6, 6.07) is 11.7. The largest absolute Gasteiger partial charge is 0.357 e. The molecule has 0 bridgehead atoms. The van der Waals surface area contributed by atoms with Crippen molar-refractivity contribution in [1.82, 2.24) is 15.6 Å². The Morgan fingerprint density at radius 2 is 2.07 bits per heavy atom. The molecule has 1 aromatic heterocycles. The maximum Gasteiger partial charge on any atom is 0.226 e. The summed E-state index contributed by atoms with van der Waals surface area (Å²) in [5, 5.41) is 9.39. The van der Waals surface area contributed by atoms with E-state index in [-0.39, 0.29) is 5.91 Å². The Morgan fingerprint density at radius 1 is 1.22 bits per heavy atom. The van der Waals surface area contributed by atoms with Gasteiger partial charge in [-0.3, -0.25) is 14.8 Å². The van der Waals surface area contributed by atoms with Crippen molar-refractivity contribution in [1.29, 1.82) is 0 Å².